The van der Waals surface area contributed by atoms with E-state index in [2.05, 4.69) is 10.3 Å². The number of amides is 1. The molecule has 0 saturated heterocycles. The van der Waals surface area contributed by atoms with Crippen molar-refractivity contribution >= 4 is 32.6 Å². The van der Waals surface area contributed by atoms with Gasteiger partial charge < -0.3 is 10.2 Å². The Kier molecular flexibility index (Phi) is 4.15. The second-order valence-electron chi connectivity index (χ2n) is 4.17. The van der Waals surface area contributed by atoms with Crippen molar-refractivity contribution in [1.82, 2.24) is 10.3 Å². The van der Waals surface area contributed by atoms with E-state index in [4.69, 9.17) is 0 Å². The highest BCUT2D eigenvalue weighted by Gasteiger charge is 2.11. The fourth-order valence-electron chi connectivity index (χ4n) is 1.63. The summed E-state index contributed by atoms with van der Waals surface area (Å²) in [6.07, 6.45) is 0.955. The van der Waals surface area contributed by atoms with Gasteiger partial charge in [0, 0.05) is 13.6 Å². The number of nitrogens with zero attached hydrogens (tertiary/aromatic N) is 2. The third-order valence-electron chi connectivity index (χ3n) is 2.56. The molecule has 1 amide bonds. The van der Waals surface area contributed by atoms with Crippen molar-refractivity contribution in [1.29, 1.82) is 0 Å². The van der Waals surface area contributed by atoms with E-state index in [1.54, 1.807) is 11.3 Å². The lowest BCUT2D eigenvalue weighted by Crippen LogP contribution is -2.35. The average Bonchev–Trinajstić information content (AvgIpc) is 2.80. The number of rotatable bonds is 5. The summed E-state index contributed by atoms with van der Waals surface area (Å²) in [7, 11) is 1.89. The van der Waals surface area contributed by atoms with Gasteiger partial charge in [0.05, 0.1) is 16.8 Å². The normalized spacial score (nSPS) is 10.6. The van der Waals surface area contributed by atoms with Crippen LogP contribution >= 0.6 is 11.3 Å². The fraction of sp³-hybridized carbons (Fsp3) is 0.385. The molecule has 0 fully saturated rings. The summed E-state index contributed by atoms with van der Waals surface area (Å²) in [6, 6.07) is 8.00. The van der Waals surface area contributed by atoms with Gasteiger partial charge in [-0.3, -0.25) is 4.79 Å². The Hall–Kier alpha value is -1.62. The maximum absolute atomic E-state index is 11.6. The number of hydrogen-bond donors (Lipinski definition) is 1. The second kappa shape index (κ2) is 5.82. The summed E-state index contributed by atoms with van der Waals surface area (Å²) in [5.74, 6) is 0.0404. The number of benzene rings is 1. The molecule has 4 nitrogen and oxygen atoms in total. The molecule has 0 unspecified atom stereocenters. The molecular weight excluding hydrogens is 246 g/mol. The summed E-state index contributed by atoms with van der Waals surface area (Å²) in [4.78, 5) is 18.0. The van der Waals surface area contributed by atoms with Crippen LogP contribution in [0.1, 0.15) is 13.3 Å². The van der Waals surface area contributed by atoms with E-state index in [0.29, 0.717) is 6.54 Å². The molecule has 96 valence electrons. The van der Waals surface area contributed by atoms with E-state index in [1.165, 1.54) is 0 Å². The topological polar surface area (TPSA) is 45.2 Å². The molecule has 0 aliphatic rings. The number of likely N-dealkylation sites (N-methyl/N-ethyl adjacent to an activating group) is 1. The van der Waals surface area contributed by atoms with Crippen LogP contribution in [-0.2, 0) is 4.79 Å². The summed E-state index contributed by atoms with van der Waals surface area (Å²) < 4.78 is 1.15. The summed E-state index contributed by atoms with van der Waals surface area (Å²) in [6.45, 7) is 3.11. The van der Waals surface area contributed by atoms with E-state index in [9.17, 15) is 4.79 Å². The monoisotopic (exact) mass is 263 g/mol. The SMILES string of the molecule is CCCNC(=O)CN(C)c1nc2ccccc2s1. The molecule has 18 heavy (non-hydrogen) atoms. The Morgan fingerprint density at radius 1 is 1.44 bits per heavy atom. The molecule has 2 aromatic rings. The third kappa shape index (κ3) is 2.98. The highest BCUT2D eigenvalue weighted by molar-refractivity contribution is 7.22. The van der Waals surface area contributed by atoms with Gasteiger partial charge in [-0.15, -0.1) is 0 Å². The summed E-state index contributed by atoms with van der Waals surface area (Å²) in [5.41, 5.74) is 0.985. The zero-order chi connectivity index (χ0) is 13.0. The molecule has 2 rings (SSSR count). The van der Waals surface area contributed by atoms with E-state index < -0.39 is 0 Å². The predicted molar refractivity (Wildman–Crippen MR) is 76.2 cm³/mol. The standard InChI is InChI=1S/C13H17N3OS/c1-3-8-14-12(17)9-16(2)13-15-10-6-4-5-7-11(10)18-13/h4-7H,3,8-9H2,1-2H3,(H,14,17). The van der Waals surface area contributed by atoms with Crippen LogP contribution in [0.5, 0.6) is 0 Å². The number of anilines is 1. The molecule has 1 aromatic heterocycles. The van der Waals surface area contributed by atoms with Crippen molar-refractivity contribution in [3.05, 3.63) is 24.3 Å². The zero-order valence-electron chi connectivity index (χ0n) is 10.6. The van der Waals surface area contributed by atoms with Gasteiger partial charge in [0.1, 0.15) is 0 Å². The smallest absolute Gasteiger partial charge is 0.239 e. The van der Waals surface area contributed by atoms with Gasteiger partial charge in [0.15, 0.2) is 5.13 Å². The van der Waals surface area contributed by atoms with E-state index in [1.807, 2.05) is 43.1 Å². The maximum Gasteiger partial charge on any atom is 0.239 e. The van der Waals surface area contributed by atoms with E-state index in [0.717, 1.165) is 28.3 Å². The molecule has 0 spiro atoms. The van der Waals surface area contributed by atoms with Crippen LogP contribution in [0.15, 0.2) is 24.3 Å². The number of aromatic nitrogens is 1. The zero-order valence-corrected chi connectivity index (χ0v) is 11.5. The van der Waals surface area contributed by atoms with Crippen molar-refractivity contribution in [3.63, 3.8) is 0 Å². The Bertz CT molecular complexity index is 505. The van der Waals surface area contributed by atoms with Crippen LogP contribution in [0.2, 0.25) is 0 Å². The van der Waals surface area contributed by atoms with Gasteiger partial charge in [-0.25, -0.2) is 4.98 Å². The average molecular weight is 263 g/mol. The number of carbonyl (C=O) groups excluding carboxylic acids is 1. The maximum atomic E-state index is 11.6. The second-order valence-corrected chi connectivity index (χ2v) is 5.18. The molecule has 1 N–H and O–H groups in total. The van der Waals surface area contributed by atoms with Crippen LogP contribution in [0.4, 0.5) is 5.13 Å². The van der Waals surface area contributed by atoms with Gasteiger partial charge in [-0.2, -0.15) is 0 Å². The van der Waals surface area contributed by atoms with Crippen LogP contribution in [0, 0.1) is 0 Å². The van der Waals surface area contributed by atoms with Crippen LogP contribution < -0.4 is 10.2 Å². The number of nitrogens with one attached hydrogen (secondary N) is 1. The van der Waals surface area contributed by atoms with Gasteiger partial charge in [-0.1, -0.05) is 30.4 Å². The Morgan fingerprint density at radius 2 is 2.22 bits per heavy atom. The Labute approximate surface area is 111 Å². The fourth-order valence-corrected chi connectivity index (χ4v) is 2.55. The van der Waals surface area contributed by atoms with Crippen LogP contribution in [-0.4, -0.2) is 31.0 Å². The minimum Gasteiger partial charge on any atom is -0.355 e. The minimum atomic E-state index is 0.0404. The number of hydrogen-bond acceptors (Lipinski definition) is 4. The Morgan fingerprint density at radius 3 is 2.94 bits per heavy atom. The molecule has 0 aliphatic heterocycles. The quantitative estimate of drug-likeness (QED) is 0.900. The lowest BCUT2D eigenvalue weighted by Gasteiger charge is -2.14. The highest BCUT2D eigenvalue weighted by atomic mass is 32.1. The molecule has 0 atom stereocenters. The summed E-state index contributed by atoms with van der Waals surface area (Å²) >= 11 is 1.61. The van der Waals surface area contributed by atoms with Crippen LogP contribution in [0.25, 0.3) is 10.2 Å². The van der Waals surface area contributed by atoms with E-state index >= 15 is 0 Å². The van der Waals surface area contributed by atoms with Crippen molar-refractivity contribution in [2.45, 2.75) is 13.3 Å². The van der Waals surface area contributed by atoms with E-state index in [-0.39, 0.29) is 5.91 Å². The summed E-state index contributed by atoms with van der Waals surface area (Å²) in [5, 5.41) is 3.74. The molecule has 1 aromatic carbocycles. The number of thiazole rings is 1. The molecule has 5 heteroatoms. The van der Waals surface area contributed by atoms with Crippen LogP contribution in [0.3, 0.4) is 0 Å². The van der Waals surface area contributed by atoms with Gasteiger partial charge in [0.25, 0.3) is 0 Å². The lowest BCUT2D eigenvalue weighted by molar-refractivity contribution is -0.119. The molecule has 0 bridgehead atoms. The molecular formula is C13H17N3OS. The number of para-hydroxylation sites is 1. The highest BCUT2D eigenvalue weighted by Crippen LogP contribution is 2.27. The van der Waals surface area contributed by atoms with Crippen molar-refractivity contribution in [2.24, 2.45) is 0 Å². The third-order valence-corrected chi connectivity index (χ3v) is 3.71. The predicted octanol–water partition coefficient (Wildman–Crippen LogP) is 2.26. The largest absolute Gasteiger partial charge is 0.355 e. The van der Waals surface area contributed by atoms with Gasteiger partial charge in [0.2, 0.25) is 5.91 Å². The Balaban J connectivity index is 2.04. The molecule has 0 aliphatic carbocycles. The molecule has 0 saturated carbocycles. The number of fused-ring (bicyclic) bond motifs is 1. The van der Waals surface area contributed by atoms with Crippen molar-refractivity contribution < 1.29 is 4.79 Å². The first-order chi connectivity index (χ1) is 8.70. The number of carbonyl (C=O) groups is 1. The first-order valence-electron chi connectivity index (χ1n) is 6.04. The van der Waals surface area contributed by atoms with Gasteiger partial charge in [-0.05, 0) is 18.6 Å². The first-order valence-corrected chi connectivity index (χ1v) is 6.85. The van der Waals surface area contributed by atoms with Gasteiger partial charge >= 0.3 is 0 Å². The van der Waals surface area contributed by atoms with Crippen molar-refractivity contribution in [3.8, 4) is 0 Å². The van der Waals surface area contributed by atoms with Crippen molar-refractivity contribution in [2.75, 3.05) is 25.0 Å². The lowest BCUT2D eigenvalue weighted by atomic mass is 10.3. The minimum absolute atomic E-state index is 0.0404. The molecule has 0 radical (unpaired) electrons. The molecule has 1 heterocycles. The first kappa shape index (κ1) is 12.8.